The number of ether oxygens (including phenoxy) is 1. The summed E-state index contributed by atoms with van der Waals surface area (Å²) < 4.78 is 4.70. The monoisotopic (exact) mass is 288 g/mol. The molecular formula is C15H16N2O2S. The Bertz CT molecular complexity index is 597. The molecule has 1 aliphatic heterocycles. The molecule has 1 aliphatic rings. The zero-order valence-electron chi connectivity index (χ0n) is 11.3. The Labute approximate surface area is 122 Å². The SMILES string of the molecule is COC(=O)c1csc(N2CCc3ccccc3CC2)n1. The fourth-order valence-corrected chi connectivity index (χ4v) is 3.32. The van der Waals surface area contributed by atoms with E-state index in [1.807, 2.05) is 0 Å². The minimum atomic E-state index is -0.370. The quantitative estimate of drug-likeness (QED) is 0.796. The molecule has 2 aromatic rings. The Morgan fingerprint density at radius 2 is 1.90 bits per heavy atom. The van der Waals surface area contributed by atoms with Gasteiger partial charge in [0.2, 0.25) is 0 Å². The summed E-state index contributed by atoms with van der Waals surface area (Å²) >= 11 is 1.50. The van der Waals surface area contributed by atoms with Gasteiger partial charge in [0, 0.05) is 18.5 Å². The Balaban J connectivity index is 1.77. The van der Waals surface area contributed by atoms with E-state index in [2.05, 4.69) is 34.1 Å². The second kappa shape index (κ2) is 5.63. The number of benzene rings is 1. The van der Waals surface area contributed by atoms with E-state index in [0.29, 0.717) is 5.69 Å². The molecular weight excluding hydrogens is 272 g/mol. The van der Waals surface area contributed by atoms with E-state index < -0.39 is 0 Å². The molecule has 0 aliphatic carbocycles. The van der Waals surface area contributed by atoms with E-state index in [4.69, 9.17) is 4.74 Å². The van der Waals surface area contributed by atoms with Gasteiger partial charge in [0.15, 0.2) is 10.8 Å². The molecule has 0 spiro atoms. The van der Waals surface area contributed by atoms with Gasteiger partial charge in [0.1, 0.15) is 0 Å². The zero-order valence-corrected chi connectivity index (χ0v) is 12.2. The Hall–Kier alpha value is -1.88. The van der Waals surface area contributed by atoms with Crippen molar-refractivity contribution in [2.75, 3.05) is 25.1 Å². The molecule has 0 unspecified atom stereocenters. The van der Waals surface area contributed by atoms with Crippen LogP contribution >= 0.6 is 11.3 Å². The summed E-state index contributed by atoms with van der Waals surface area (Å²) in [6.07, 6.45) is 2.03. The summed E-state index contributed by atoms with van der Waals surface area (Å²) in [6.45, 7) is 1.87. The van der Waals surface area contributed by atoms with Crippen molar-refractivity contribution in [2.24, 2.45) is 0 Å². The summed E-state index contributed by atoms with van der Waals surface area (Å²) in [7, 11) is 1.38. The fourth-order valence-electron chi connectivity index (χ4n) is 2.47. The lowest BCUT2D eigenvalue weighted by atomic mass is 10.0. The highest BCUT2D eigenvalue weighted by Gasteiger charge is 2.18. The molecule has 2 heterocycles. The zero-order chi connectivity index (χ0) is 13.9. The lowest BCUT2D eigenvalue weighted by Gasteiger charge is -2.18. The van der Waals surface area contributed by atoms with E-state index in [-0.39, 0.29) is 5.97 Å². The summed E-state index contributed by atoms with van der Waals surface area (Å²) in [4.78, 5) is 18.1. The van der Waals surface area contributed by atoms with E-state index in [0.717, 1.165) is 31.1 Å². The van der Waals surface area contributed by atoms with Crippen LogP contribution in [0.25, 0.3) is 0 Å². The first kappa shape index (κ1) is 13.1. The molecule has 4 nitrogen and oxygen atoms in total. The van der Waals surface area contributed by atoms with Crippen molar-refractivity contribution < 1.29 is 9.53 Å². The number of thiazole rings is 1. The molecule has 0 saturated heterocycles. The average molecular weight is 288 g/mol. The predicted molar refractivity (Wildman–Crippen MR) is 79.5 cm³/mol. The molecule has 5 heteroatoms. The van der Waals surface area contributed by atoms with Crippen LogP contribution in [0.15, 0.2) is 29.6 Å². The van der Waals surface area contributed by atoms with Crippen molar-refractivity contribution in [1.29, 1.82) is 0 Å². The van der Waals surface area contributed by atoms with Crippen LogP contribution < -0.4 is 4.90 Å². The summed E-state index contributed by atoms with van der Waals surface area (Å²) in [5.41, 5.74) is 3.23. The van der Waals surface area contributed by atoms with Crippen LogP contribution in [-0.2, 0) is 17.6 Å². The van der Waals surface area contributed by atoms with Crippen LogP contribution in [0.1, 0.15) is 21.6 Å². The van der Waals surface area contributed by atoms with Gasteiger partial charge in [-0.25, -0.2) is 9.78 Å². The third kappa shape index (κ3) is 2.54. The topological polar surface area (TPSA) is 42.4 Å². The Morgan fingerprint density at radius 1 is 1.25 bits per heavy atom. The smallest absolute Gasteiger partial charge is 0.357 e. The Kier molecular flexibility index (Phi) is 3.69. The number of hydrogen-bond donors (Lipinski definition) is 0. The normalized spacial score (nSPS) is 14.6. The van der Waals surface area contributed by atoms with Gasteiger partial charge in [-0.3, -0.25) is 0 Å². The molecule has 0 saturated carbocycles. The maximum absolute atomic E-state index is 11.5. The maximum atomic E-state index is 11.5. The minimum Gasteiger partial charge on any atom is -0.464 e. The van der Waals surface area contributed by atoms with E-state index in [9.17, 15) is 4.79 Å². The van der Waals surface area contributed by atoms with Crippen molar-refractivity contribution in [3.8, 4) is 0 Å². The van der Waals surface area contributed by atoms with Gasteiger partial charge < -0.3 is 9.64 Å². The van der Waals surface area contributed by atoms with Crippen molar-refractivity contribution in [3.63, 3.8) is 0 Å². The summed E-state index contributed by atoms with van der Waals surface area (Å²) in [5, 5.41) is 2.66. The fraction of sp³-hybridized carbons (Fsp3) is 0.333. The molecule has 0 N–H and O–H groups in total. The van der Waals surface area contributed by atoms with Crippen LogP contribution in [0.3, 0.4) is 0 Å². The molecule has 0 radical (unpaired) electrons. The average Bonchev–Trinajstić information content (AvgIpc) is 2.87. The van der Waals surface area contributed by atoms with Gasteiger partial charge in [0.05, 0.1) is 7.11 Å². The first-order valence-corrected chi connectivity index (χ1v) is 7.51. The largest absolute Gasteiger partial charge is 0.464 e. The number of methoxy groups -OCH3 is 1. The molecule has 0 amide bonds. The van der Waals surface area contributed by atoms with E-state index in [1.54, 1.807) is 5.38 Å². The second-order valence-electron chi connectivity index (χ2n) is 4.76. The predicted octanol–water partition coefficient (Wildman–Crippen LogP) is 2.53. The van der Waals surface area contributed by atoms with Gasteiger partial charge in [0.25, 0.3) is 0 Å². The number of carbonyl (C=O) groups is 1. The number of anilines is 1. The number of rotatable bonds is 2. The van der Waals surface area contributed by atoms with Crippen molar-refractivity contribution >= 4 is 22.4 Å². The van der Waals surface area contributed by atoms with E-state index >= 15 is 0 Å². The van der Waals surface area contributed by atoms with Crippen LogP contribution in [0.5, 0.6) is 0 Å². The number of aromatic nitrogens is 1. The third-order valence-corrected chi connectivity index (χ3v) is 4.48. The van der Waals surface area contributed by atoms with Crippen LogP contribution in [0.2, 0.25) is 0 Å². The number of carbonyl (C=O) groups excluding carboxylic acids is 1. The lowest BCUT2D eigenvalue weighted by molar-refractivity contribution is 0.0595. The third-order valence-electron chi connectivity index (χ3n) is 3.58. The molecule has 1 aromatic heterocycles. The molecule has 1 aromatic carbocycles. The number of nitrogens with zero attached hydrogens (tertiary/aromatic N) is 2. The van der Waals surface area contributed by atoms with Crippen molar-refractivity contribution in [3.05, 3.63) is 46.5 Å². The van der Waals surface area contributed by atoms with Gasteiger partial charge >= 0.3 is 5.97 Å². The summed E-state index contributed by atoms with van der Waals surface area (Å²) in [5.74, 6) is -0.370. The molecule has 0 fully saturated rings. The molecule has 0 atom stereocenters. The Morgan fingerprint density at radius 3 is 2.50 bits per heavy atom. The molecule has 20 heavy (non-hydrogen) atoms. The van der Waals surface area contributed by atoms with E-state index in [1.165, 1.54) is 29.6 Å². The van der Waals surface area contributed by atoms with Gasteiger partial charge in [-0.15, -0.1) is 11.3 Å². The van der Waals surface area contributed by atoms with Gasteiger partial charge in [-0.05, 0) is 24.0 Å². The highest BCUT2D eigenvalue weighted by molar-refractivity contribution is 7.13. The van der Waals surface area contributed by atoms with Gasteiger partial charge in [-0.2, -0.15) is 0 Å². The number of hydrogen-bond acceptors (Lipinski definition) is 5. The van der Waals surface area contributed by atoms with Crippen molar-refractivity contribution in [2.45, 2.75) is 12.8 Å². The first-order valence-electron chi connectivity index (χ1n) is 6.63. The maximum Gasteiger partial charge on any atom is 0.357 e. The van der Waals surface area contributed by atoms with Crippen LogP contribution in [-0.4, -0.2) is 31.2 Å². The van der Waals surface area contributed by atoms with Gasteiger partial charge in [-0.1, -0.05) is 24.3 Å². The number of esters is 1. The second-order valence-corrected chi connectivity index (χ2v) is 5.60. The highest BCUT2D eigenvalue weighted by atomic mass is 32.1. The first-order chi connectivity index (χ1) is 9.78. The van der Waals surface area contributed by atoms with Crippen LogP contribution in [0, 0.1) is 0 Å². The number of fused-ring (bicyclic) bond motifs is 1. The minimum absolute atomic E-state index is 0.370. The van der Waals surface area contributed by atoms with Crippen molar-refractivity contribution in [1.82, 2.24) is 4.98 Å². The highest BCUT2D eigenvalue weighted by Crippen LogP contribution is 2.24. The molecule has 0 bridgehead atoms. The lowest BCUT2D eigenvalue weighted by Crippen LogP contribution is -2.25. The summed E-state index contributed by atoms with van der Waals surface area (Å²) in [6, 6.07) is 8.57. The molecule has 3 rings (SSSR count). The standard InChI is InChI=1S/C15H16N2O2S/c1-19-14(18)13-10-20-15(16-13)17-8-6-11-4-2-3-5-12(11)7-9-17/h2-5,10H,6-9H2,1H3. The molecule has 104 valence electrons. The van der Waals surface area contributed by atoms with Crippen LogP contribution in [0.4, 0.5) is 5.13 Å².